The van der Waals surface area contributed by atoms with Gasteiger partial charge in [0.25, 0.3) is 0 Å². The van der Waals surface area contributed by atoms with Crippen LogP contribution in [0.2, 0.25) is 0 Å². The Morgan fingerprint density at radius 3 is 1.51 bits per heavy atom. The van der Waals surface area contributed by atoms with Crippen molar-refractivity contribution in [1.82, 2.24) is 31.9 Å². The third-order valence-corrected chi connectivity index (χ3v) is 14.9. The van der Waals surface area contributed by atoms with Crippen LogP contribution in [0.5, 0.6) is 69.0 Å². The molecule has 85 heavy (non-hydrogen) atoms. The number of carboxylic acid groups (broad SMARTS) is 1. The molecule has 26 heteroatoms. The minimum atomic E-state index is -2.16. The summed E-state index contributed by atoms with van der Waals surface area (Å²) in [5, 5.41) is 117. The number of fused-ring (bicyclic) bond motifs is 14. The lowest BCUT2D eigenvalue weighted by molar-refractivity contribution is -0.143. The molecule has 0 aliphatic carbocycles. The topological polar surface area (TPSA) is 427 Å². The number of hydrogen-bond acceptors (Lipinski definition) is 19. The zero-order valence-corrected chi connectivity index (χ0v) is 43.9. The molecule has 0 fully saturated rings. The molecular weight excluding hydrogens is 1110 g/mol. The molecule has 17 bridgehead atoms. The quantitative estimate of drug-likeness (QED) is 0.112. The average Bonchev–Trinajstić information content (AvgIpc) is 3.67. The second-order valence-electron chi connectivity index (χ2n) is 20.4. The van der Waals surface area contributed by atoms with Crippen molar-refractivity contribution in [1.29, 1.82) is 0 Å². The molecule has 0 aromatic heterocycles. The van der Waals surface area contributed by atoms with E-state index in [-0.39, 0.29) is 61.9 Å². The Kier molecular flexibility index (Phi) is 14.2. The maximum absolute atomic E-state index is 15.7. The van der Waals surface area contributed by atoms with Crippen molar-refractivity contribution in [2.75, 3.05) is 0 Å². The molecule has 0 spiro atoms. The fourth-order valence-electron chi connectivity index (χ4n) is 10.3. The first-order valence-corrected chi connectivity index (χ1v) is 25.8. The molecule has 13 rings (SSSR count). The van der Waals surface area contributed by atoms with E-state index in [9.17, 15) is 65.1 Å². The number of amides is 6. The average molecular weight is 1160 g/mol. The van der Waals surface area contributed by atoms with Crippen molar-refractivity contribution in [2.24, 2.45) is 5.73 Å². The van der Waals surface area contributed by atoms with E-state index in [1.165, 1.54) is 79.7 Å². The molecule has 6 heterocycles. The summed E-state index contributed by atoms with van der Waals surface area (Å²) >= 11 is 0. The number of aliphatic hydroxyl groups is 2. The van der Waals surface area contributed by atoms with Crippen LogP contribution in [0.4, 0.5) is 0 Å². The van der Waals surface area contributed by atoms with Crippen LogP contribution in [0.15, 0.2) is 121 Å². The molecule has 434 valence electrons. The minimum Gasteiger partial charge on any atom is -0.508 e. The van der Waals surface area contributed by atoms with Crippen molar-refractivity contribution >= 4 is 41.4 Å². The van der Waals surface area contributed by atoms with Gasteiger partial charge in [-0.1, -0.05) is 36.4 Å². The number of phenols is 6. The summed E-state index contributed by atoms with van der Waals surface area (Å²) in [7, 11) is 0. The van der Waals surface area contributed by atoms with Gasteiger partial charge in [0.05, 0.1) is 0 Å². The van der Waals surface area contributed by atoms with E-state index in [0.29, 0.717) is 0 Å². The van der Waals surface area contributed by atoms with Gasteiger partial charge in [-0.05, 0) is 119 Å². The Morgan fingerprint density at radius 2 is 0.918 bits per heavy atom. The molecule has 6 aliphatic heterocycles. The zero-order valence-electron chi connectivity index (χ0n) is 43.9. The normalized spacial score (nSPS) is 22.9. The number of benzene rings is 7. The first kappa shape index (κ1) is 55.8. The van der Waals surface area contributed by atoms with Gasteiger partial charge in [0.2, 0.25) is 41.2 Å². The van der Waals surface area contributed by atoms with Crippen LogP contribution in [0.3, 0.4) is 0 Å². The predicted octanol–water partition coefficient (Wildman–Crippen LogP) is 3.48. The molecule has 6 aliphatic rings. The molecule has 0 saturated carbocycles. The van der Waals surface area contributed by atoms with Crippen molar-refractivity contribution in [3.63, 3.8) is 0 Å². The molecule has 0 unspecified atom stereocenters. The highest BCUT2D eigenvalue weighted by Crippen LogP contribution is 2.47. The van der Waals surface area contributed by atoms with E-state index in [0.717, 1.165) is 48.5 Å². The Hall–Kier alpha value is -11.1. The lowest BCUT2D eigenvalue weighted by Crippen LogP contribution is -2.55. The van der Waals surface area contributed by atoms with Crippen LogP contribution in [0, 0.1) is 6.92 Å². The van der Waals surface area contributed by atoms with Crippen LogP contribution in [0.25, 0.3) is 11.1 Å². The van der Waals surface area contributed by atoms with E-state index in [4.69, 9.17) is 19.9 Å². The van der Waals surface area contributed by atoms with Gasteiger partial charge in [0.1, 0.15) is 88.7 Å². The van der Waals surface area contributed by atoms with Crippen molar-refractivity contribution in [3.8, 4) is 80.1 Å². The summed E-state index contributed by atoms with van der Waals surface area (Å²) in [5.74, 6) is -14.7. The number of aromatic hydroxyl groups is 6. The van der Waals surface area contributed by atoms with Crippen molar-refractivity contribution < 1.29 is 93.7 Å². The van der Waals surface area contributed by atoms with Gasteiger partial charge >= 0.3 is 5.97 Å². The zero-order chi connectivity index (χ0) is 60.4. The summed E-state index contributed by atoms with van der Waals surface area (Å²) in [6.45, 7) is 1.42. The number of aliphatic carboxylic acids is 1. The van der Waals surface area contributed by atoms with Gasteiger partial charge in [-0.25, -0.2) is 4.79 Å². The summed E-state index contributed by atoms with van der Waals surface area (Å²) in [5.41, 5.74) is 4.22. The molecular formula is C59H49N7O19. The smallest absolute Gasteiger partial charge is 0.330 e. The monoisotopic (exact) mass is 1160 g/mol. The number of carboxylic acids is 1. The third kappa shape index (κ3) is 10.5. The number of phenolic OH excluding ortho intramolecular Hbond substituents is 6. The van der Waals surface area contributed by atoms with Crippen molar-refractivity contribution in [2.45, 2.75) is 61.4 Å². The standard InChI is InChI=1S/C59H49N7O19/c1-22-36(70)15-27-17-38(22)85-39-16-25(6-13-35(39)69)43(60)53(75)65-48-50(72)23-2-8-30(9-3-23)83-40-18-28-19-41(52(40)74)84-31-10-4-24(5-11-31)51(73)49-58(80)64-47(59(81)82)33-20-29(67)21-37(71)42(33)32-14-26(7-12-34(32)68)44(54(76)66-49)61-56(78)46(28)62-55(77)45(27)63-57(48)79/h2-21,43-51,67-74H,60H2,1H3,(H,61,78)(H,62,77)(H,63,79)(H,64,80)(H,65,75)(H,66,76)(H,81,82)/t43-,44+,45-,46+,47-,48+,49-,50+,51+/m0/s1. The maximum atomic E-state index is 15.7. The Morgan fingerprint density at radius 1 is 0.447 bits per heavy atom. The van der Waals surface area contributed by atoms with Gasteiger partial charge < -0.3 is 97.8 Å². The number of hydrogen-bond donors (Lipinski definition) is 16. The largest absolute Gasteiger partial charge is 0.508 e. The van der Waals surface area contributed by atoms with E-state index in [1.54, 1.807) is 0 Å². The number of carbonyl (C=O) groups excluding carboxylic acids is 6. The highest BCUT2D eigenvalue weighted by molar-refractivity contribution is 6.00. The second-order valence-corrected chi connectivity index (χ2v) is 20.4. The second kappa shape index (κ2) is 21.7. The highest BCUT2D eigenvalue weighted by atomic mass is 16.5. The third-order valence-electron chi connectivity index (χ3n) is 14.9. The molecule has 6 amide bonds. The molecule has 0 radical (unpaired) electrons. The fraction of sp³-hybridized carbons (Fsp3) is 0.169. The Balaban J connectivity index is 1.14. The van der Waals surface area contributed by atoms with Crippen LogP contribution >= 0.6 is 0 Å². The molecule has 9 atom stereocenters. The van der Waals surface area contributed by atoms with Crippen LogP contribution in [-0.2, 0) is 33.6 Å². The van der Waals surface area contributed by atoms with E-state index >= 15 is 14.4 Å². The van der Waals surface area contributed by atoms with Gasteiger partial charge in [-0.2, -0.15) is 0 Å². The van der Waals surface area contributed by atoms with E-state index < -0.39 is 159 Å². The first-order valence-electron chi connectivity index (χ1n) is 25.8. The molecule has 7 aromatic rings. The van der Waals surface area contributed by atoms with Crippen LogP contribution < -0.4 is 51.8 Å². The molecule has 0 saturated heterocycles. The number of carbonyl (C=O) groups is 7. The molecule has 7 aromatic carbocycles. The lowest BCUT2D eigenvalue weighted by atomic mass is 9.89. The number of nitrogens with two attached hydrogens (primary N) is 1. The highest BCUT2D eigenvalue weighted by Gasteiger charge is 2.42. The maximum Gasteiger partial charge on any atom is 0.330 e. The lowest BCUT2D eigenvalue weighted by Gasteiger charge is -2.31. The fourth-order valence-corrected chi connectivity index (χ4v) is 10.3. The van der Waals surface area contributed by atoms with Crippen molar-refractivity contribution in [3.05, 3.63) is 166 Å². The molecule has 26 nitrogen and oxygen atoms in total. The van der Waals surface area contributed by atoms with Gasteiger partial charge in [0, 0.05) is 28.3 Å². The number of ether oxygens (including phenoxy) is 3. The first-order chi connectivity index (χ1) is 40.5. The van der Waals surface area contributed by atoms with Crippen LogP contribution in [0.1, 0.15) is 86.9 Å². The molecule has 17 N–H and O–H groups in total. The number of aliphatic hydroxyl groups excluding tert-OH is 2. The van der Waals surface area contributed by atoms with Gasteiger partial charge in [-0.15, -0.1) is 0 Å². The number of nitrogens with one attached hydrogen (secondary N) is 6. The summed E-state index contributed by atoms with van der Waals surface area (Å²) in [4.78, 5) is 103. The summed E-state index contributed by atoms with van der Waals surface area (Å²) in [6.07, 6.45) is -3.98. The summed E-state index contributed by atoms with van der Waals surface area (Å²) < 4.78 is 18.5. The van der Waals surface area contributed by atoms with Gasteiger partial charge in [0.15, 0.2) is 29.0 Å². The van der Waals surface area contributed by atoms with E-state index in [2.05, 4.69) is 31.9 Å². The number of rotatable bonds is 1. The minimum absolute atomic E-state index is 0.000146. The van der Waals surface area contributed by atoms with Gasteiger partial charge in [-0.3, -0.25) is 28.8 Å². The SMILES string of the molecule is Cc1c(O)cc2cc1Oc1cc(ccc1O)[C@H](N)C(=O)N[C@H]1C(=O)N[C@@H]2C(=O)N[C@H]2C(=O)N[C@H]3C(=O)N[C@H](C(=O)N[C@H](C(=O)O)c4cc(O)cc(O)c4-c4cc3ccc4O)[C@H](O)c3ccc(cc3)Oc3cc2cc(c3O)Oc2ccc(cc2)[C@H]1O. The Bertz CT molecular complexity index is 3970. The summed E-state index contributed by atoms with van der Waals surface area (Å²) in [6, 6.07) is 9.26. The van der Waals surface area contributed by atoms with E-state index in [1.807, 2.05) is 0 Å². The predicted molar refractivity (Wildman–Crippen MR) is 291 cm³/mol. The Labute approximate surface area is 478 Å². The van der Waals surface area contributed by atoms with Crippen LogP contribution in [-0.4, -0.2) is 99.5 Å².